The summed E-state index contributed by atoms with van der Waals surface area (Å²) >= 11 is 6.09. The molecule has 0 saturated carbocycles. The summed E-state index contributed by atoms with van der Waals surface area (Å²) < 4.78 is 0. The van der Waals surface area contributed by atoms with E-state index >= 15 is 0 Å². The van der Waals surface area contributed by atoms with E-state index in [9.17, 15) is 0 Å². The van der Waals surface area contributed by atoms with Crippen LogP contribution in [0.3, 0.4) is 0 Å². The van der Waals surface area contributed by atoms with Gasteiger partial charge in [-0.3, -0.25) is 0 Å². The summed E-state index contributed by atoms with van der Waals surface area (Å²) in [5, 5.41) is 0. The first-order valence-electron chi connectivity index (χ1n) is 6.81. The molecule has 0 aliphatic heterocycles. The highest BCUT2D eigenvalue weighted by Crippen LogP contribution is 2.24. The van der Waals surface area contributed by atoms with Crippen molar-refractivity contribution >= 4 is 17.4 Å². The normalized spacial score (nSPS) is 10.7. The average Bonchev–Trinajstić information content (AvgIpc) is 2.40. The zero-order valence-electron chi connectivity index (χ0n) is 12.6. The molecule has 0 N–H and O–H groups in total. The molecule has 0 aliphatic rings. The predicted molar refractivity (Wildman–Crippen MR) is 86.6 cm³/mol. The van der Waals surface area contributed by atoms with E-state index in [-0.39, 0.29) is 0 Å². The molecule has 1 aromatic carbocycles. The van der Waals surface area contributed by atoms with Gasteiger partial charge in [0.05, 0.1) is 5.88 Å². The lowest BCUT2D eigenvalue weighted by atomic mass is 10.1. The highest BCUT2D eigenvalue weighted by Gasteiger charge is 2.12. The third kappa shape index (κ3) is 3.31. The van der Waals surface area contributed by atoms with E-state index in [1.807, 2.05) is 6.92 Å². The van der Waals surface area contributed by atoms with Crippen molar-refractivity contribution in [1.82, 2.24) is 4.98 Å². The minimum absolute atomic E-state index is 0.493. The van der Waals surface area contributed by atoms with Crippen LogP contribution in [0, 0.1) is 20.8 Å². The van der Waals surface area contributed by atoms with E-state index in [2.05, 4.69) is 61.1 Å². The van der Waals surface area contributed by atoms with Gasteiger partial charge in [-0.25, -0.2) is 4.98 Å². The molecule has 0 radical (unpaired) electrons. The van der Waals surface area contributed by atoms with Crippen LogP contribution in [0.1, 0.15) is 27.9 Å². The third-order valence-corrected chi connectivity index (χ3v) is 3.76. The Balaban J connectivity index is 2.28. The Morgan fingerprint density at radius 3 is 2.35 bits per heavy atom. The molecular weight excluding hydrogens is 268 g/mol. The van der Waals surface area contributed by atoms with E-state index in [4.69, 9.17) is 11.6 Å². The Morgan fingerprint density at radius 2 is 1.75 bits per heavy atom. The maximum Gasteiger partial charge on any atom is 0.133 e. The second kappa shape index (κ2) is 6.27. The van der Waals surface area contributed by atoms with Crippen LogP contribution in [0.2, 0.25) is 0 Å². The molecule has 0 unspecified atom stereocenters. The molecule has 20 heavy (non-hydrogen) atoms. The number of aryl methyl sites for hydroxylation is 3. The van der Waals surface area contributed by atoms with Crippen molar-refractivity contribution < 1.29 is 0 Å². The van der Waals surface area contributed by atoms with Crippen LogP contribution in [-0.2, 0) is 12.4 Å². The Labute approximate surface area is 126 Å². The van der Waals surface area contributed by atoms with E-state index in [1.165, 1.54) is 16.7 Å². The minimum atomic E-state index is 0.493. The van der Waals surface area contributed by atoms with E-state index in [1.54, 1.807) is 0 Å². The first kappa shape index (κ1) is 14.9. The van der Waals surface area contributed by atoms with Gasteiger partial charge >= 0.3 is 0 Å². The number of aromatic nitrogens is 1. The molecule has 106 valence electrons. The quantitative estimate of drug-likeness (QED) is 0.776. The maximum absolute atomic E-state index is 6.09. The number of nitrogens with zero attached hydrogens (tertiary/aromatic N) is 2. The van der Waals surface area contributed by atoms with Crippen LogP contribution in [0.4, 0.5) is 5.82 Å². The van der Waals surface area contributed by atoms with E-state index in [0.29, 0.717) is 5.88 Å². The molecule has 1 heterocycles. The molecule has 2 rings (SSSR count). The molecule has 0 saturated heterocycles. The molecular formula is C17H21ClN2. The summed E-state index contributed by atoms with van der Waals surface area (Å²) in [6, 6.07) is 10.7. The molecule has 0 atom stereocenters. The number of hydrogen-bond donors (Lipinski definition) is 0. The van der Waals surface area contributed by atoms with Crippen molar-refractivity contribution in [2.45, 2.75) is 33.2 Å². The fourth-order valence-corrected chi connectivity index (χ4v) is 2.70. The molecule has 2 nitrogen and oxygen atoms in total. The standard InChI is InChI=1S/C17H21ClN2/c1-12-5-7-15(8-6-12)11-20(4)17-16(10-18)13(2)9-14(3)19-17/h5-9H,10-11H2,1-4H3. The van der Waals surface area contributed by atoms with Gasteiger partial charge in [-0.1, -0.05) is 29.8 Å². The Bertz CT molecular complexity index is 591. The zero-order chi connectivity index (χ0) is 14.7. The number of rotatable bonds is 4. The number of halogens is 1. The fourth-order valence-electron chi connectivity index (χ4n) is 2.37. The molecule has 0 spiro atoms. The van der Waals surface area contributed by atoms with Crippen molar-refractivity contribution in [2.24, 2.45) is 0 Å². The van der Waals surface area contributed by atoms with Crippen molar-refractivity contribution in [3.05, 3.63) is 58.3 Å². The minimum Gasteiger partial charge on any atom is -0.355 e. The monoisotopic (exact) mass is 288 g/mol. The highest BCUT2D eigenvalue weighted by atomic mass is 35.5. The number of alkyl halides is 1. The van der Waals surface area contributed by atoms with Crippen LogP contribution >= 0.6 is 11.6 Å². The topological polar surface area (TPSA) is 16.1 Å². The predicted octanol–water partition coefficient (Wildman–Crippen LogP) is 4.38. The number of anilines is 1. The SMILES string of the molecule is Cc1ccc(CN(C)c2nc(C)cc(C)c2CCl)cc1. The summed E-state index contributed by atoms with van der Waals surface area (Å²) in [7, 11) is 2.07. The van der Waals surface area contributed by atoms with Gasteiger partial charge in [0.1, 0.15) is 5.82 Å². The van der Waals surface area contributed by atoms with Crippen LogP contribution in [0.25, 0.3) is 0 Å². The molecule has 1 aromatic heterocycles. The van der Waals surface area contributed by atoms with Gasteiger partial charge in [0, 0.05) is 24.8 Å². The first-order chi connectivity index (χ1) is 9.51. The summed E-state index contributed by atoms with van der Waals surface area (Å²) in [5.41, 5.74) is 5.91. The van der Waals surface area contributed by atoms with Gasteiger partial charge in [-0.2, -0.15) is 0 Å². The summed E-state index contributed by atoms with van der Waals surface area (Å²) in [6.07, 6.45) is 0. The van der Waals surface area contributed by atoms with Crippen LogP contribution in [0.5, 0.6) is 0 Å². The van der Waals surface area contributed by atoms with Gasteiger partial charge in [-0.05, 0) is 38.0 Å². The Kier molecular flexibility index (Phi) is 4.66. The van der Waals surface area contributed by atoms with Gasteiger partial charge in [0.15, 0.2) is 0 Å². The molecule has 0 fully saturated rings. The summed E-state index contributed by atoms with van der Waals surface area (Å²) in [5.74, 6) is 1.48. The van der Waals surface area contributed by atoms with Gasteiger partial charge in [-0.15, -0.1) is 11.6 Å². The largest absolute Gasteiger partial charge is 0.355 e. The molecule has 2 aromatic rings. The van der Waals surface area contributed by atoms with Gasteiger partial charge < -0.3 is 4.90 Å². The molecule has 0 aliphatic carbocycles. The molecule has 3 heteroatoms. The van der Waals surface area contributed by atoms with Crippen molar-refractivity contribution in [1.29, 1.82) is 0 Å². The smallest absolute Gasteiger partial charge is 0.133 e. The number of benzene rings is 1. The first-order valence-corrected chi connectivity index (χ1v) is 7.34. The second-order valence-corrected chi connectivity index (χ2v) is 5.63. The lowest BCUT2D eigenvalue weighted by molar-refractivity contribution is 0.879. The van der Waals surface area contributed by atoms with E-state index < -0.39 is 0 Å². The van der Waals surface area contributed by atoms with Crippen LogP contribution in [-0.4, -0.2) is 12.0 Å². The highest BCUT2D eigenvalue weighted by molar-refractivity contribution is 6.17. The molecule has 0 amide bonds. The zero-order valence-corrected chi connectivity index (χ0v) is 13.3. The Morgan fingerprint density at radius 1 is 1.10 bits per heavy atom. The van der Waals surface area contributed by atoms with Crippen molar-refractivity contribution in [2.75, 3.05) is 11.9 Å². The second-order valence-electron chi connectivity index (χ2n) is 5.36. The maximum atomic E-state index is 6.09. The fraction of sp³-hybridized carbons (Fsp3) is 0.353. The van der Waals surface area contributed by atoms with E-state index in [0.717, 1.165) is 23.6 Å². The third-order valence-electron chi connectivity index (χ3n) is 3.49. The van der Waals surface area contributed by atoms with Crippen molar-refractivity contribution in [3.8, 4) is 0 Å². The van der Waals surface area contributed by atoms with Crippen LogP contribution in [0.15, 0.2) is 30.3 Å². The summed E-state index contributed by atoms with van der Waals surface area (Å²) in [4.78, 5) is 6.83. The lowest BCUT2D eigenvalue weighted by Crippen LogP contribution is -2.20. The Hall–Kier alpha value is -1.54. The average molecular weight is 289 g/mol. The lowest BCUT2D eigenvalue weighted by Gasteiger charge is -2.22. The van der Waals surface area contributed by atoms with Crippen molar-refractivity contribution in [3.63, 3.8) is 0 Å². The van der Waals surface area contributed by atoms with Gasteiger partial charge in [0.25, 0.3) is 0 Å². The number of hydrogen-bond acceptors (Lipinski definition) is 2. The van der Waals surface area contributed by atoms with Gasteiger partial charge in [0.2, 0.25) is 0 Å². The summed E-state index contributed by atoms with van der Waals surface area (Å²) in [6.45, 7) is 7.05. The molecule has 0 bridgehead atoms. The number of pyridine rings is 1. The van der Waals surface area contributed by atoms with Crippen LogP contribution < -0.4 is 4.90 Å².